The lowest BCUT2D eigenvalue weighted by Crippen LogP contribution is -2.45. The minimum absolute atomic E-state index is 0.0508. The molecule has 1 atom stereocenters. The largest absolute Gasteiger partial charge is 0.355 e. The van der Waals surface area contributed by atoms with Crippen molar-refractivity contribution in [2.24, 2.45) is 11.1 Å². The molecule has 33 heavy (non-hydrogen) atoms. The average Bonchev–Trinajstić information content (AvgIpc) is 3.57. The van der Waals surface area contributed by atoms with Gasteiger partial charge in [0.15, 0.2) is 0 Å². The molecule has 0 radical (unpaired) electrons. The van der Waals surface area contributed by atoms with Gasteiger partial charge in [-0.1, -0.05) is 29.4 Å². The molecule has 1 fully saturated rings. The molecule has 2 aliphatic rings. The van der Waals surface area contributed by atoms with E-state index in [-0.39, 0.29) is 11.5 Å². The fourth-order valence-electron chi connectivity index (χ4n) is 4.92. The van der Waals surface area contributed by atoms with E-state index in [0.29, 0.717) is 5.02 Å². The van der Waals surface area contributed by atoms with Gasteiger partial charge in [-0.05, 0) is 31.0 Å². The van der Waals surface area contributed by atoms with Crippen LogP contribution in [0.15, 0.2) is 71.5 Å². The minimum atomic E-state index is 0.0508. The molecule has 2 aliphatic heterocycles. The Morgan fingerprint density at radius 1 is 1.09 bits per heavy atom. The number of halogens is 1. The molecule has 0 bridgehead atoms. The van der Waals surface area contributed by atoms with Crippen LogP contribution in [0, 0.1) is 5.41 Å². The number of benzene rings is 1. The van der Waals surface area contributed by atoms with Gasteiger partial charge < -0.3 is 15.2 Å². The van der Waals surface area contributed by atoms with E-state index in [0.717, 1.165) is 59.6 Å². The molecule has 3 aromatic heterocycles. The molecule has 8 nitrogen and oxygen atoms in total. The summed E-state index contributed by atoms with van der Waals surface area (Å²) in [7, 11) is 0. The smallest absolute Gasteiger partial charge is 0.147 e. The highest BCUT2D eigenvalue weighted by Gasteiger charge is 2.46. The predicted molar refractivity (Wildman–Crippen MR) is 128 cm³/mol. The summed E-state index contributed by atoms with van der Waals surface area (Å²) in [6.07, 6.45) is 12.9. The Hall–Kier alpha value is -2.88. The van der Waals surface area contributed by atoms with E-state index in [2.05, 4.69) is 24.6 Å². The quantitative estimate of drug-likeness (QED) is 0.474. The molecule has 5 heterocycles. The normalized spacial score (nSPS) is 19.2. The lowest BCUT2D eigenvalue weighted by atomic mass is 9.73. The number of anilines is 1. The second kappa shape index (κ2) is 8.16. The van der Waals surface area contributed by atoms with E-state index in [1.807, 2.05) is 53.6 Å². The first-order chi connectivity index (χ1) is 16.1. The summed E-state index contributed by atoms with van der Waals surface area (Å²) >= 11 is 8.16. The topological polar surface area (TPSA) is 90.7 Å². The number of hydrogen-bond acceptors (Lipinski definition) is 7. The number of rotatable bonds is 4. The Kier molecular flexibility index (Phi) is 5.12. The highest BCUT2D eigenvalue weighted by molar-refractivity contribution is 7.99. The molecular weight excluding hydrogens is 456 g/mol. The van der Waals surface area contributed by atoms with Crippen LogP contribution in [0.3, 0.4) is 0 Å². The molecule has 6 rings (SSSR count). The Morgan fingerprint density at radius 3 is 2.70 bits per heavy atom. The maximum absolute atomic E-state index is 6.66. The van der Waals surface area contributed by atoms with Crippen molar-refractivity contribution >= 4 is 29.2 Å². The maximum Gasteiger partial charge on any atom is 0.147 e. The van der Waals surface area contributed by atoms with E-state index in [9.17, 15) is 0 Å². The third kappa shape index (κ3) is 3.60. The number of aromatic nitrogens is 6. The van der Waals surface area contributed by atoms with Gasteiger partial charge in [0.2, 0.25) is 0 Å². The first kappa shape index (κ1) is 20.7. The van der Waals surface area contributed by atoms with Crippen LogP contribution in [-0.4, -0.2) is 42.4 Å². The van der Waals surface area contributed by atoms with Crippen molar-refractivity contribution in [2.75, 3.05) is 18.0 Å². The molecule has 0 amide bonds. The van der Waals surface area contributed by atoms with E-state index < -0.39 is 0 Å². The average molecular weight is 479 g/mol. The summed E-state index contributed by atoms with van der Waals surface area (Å²) in [6, 6.07) is 8.03. The number of piperidine rings is 1. The van der Waals surface area contributed by atoms with Crippen molar-refractivity contribution in [3.8, 4) is 5.69 Å². The molecule has 0 unspecified atom stereocenters. The zero-order valence-electron chi connectivity index (χ0n) is 17.9. The van der Waals surface area contributed by atoms with Gasteiger partial charge in [0.05, 0.1) is 41.2 Å². The molecule has 0 aliphatic carbocycles. The monoisotopic (exact) mass is 478 g/mol. The molecule has 10 heteroatoms. The summed E-state index contributed by atoms with van der Waals surface area (Å²) in [4.78, 5) is 16.7. The van der Waals surface area contributed by atoms with Crippen LogP contribution in [0.2, 0.25) is 5.02 Å². The Morgan fingerprint density at radius 2 is 1.97 bits per heavy atom. The van der Waals surface area contributed by atoms with Crippen LogP contribution in [0.1, 0.15) is 24.6 Å². The Labute approximate surface area is 200 Å². The van der Waals surface area contributed by atoms with Crippen molar-refractivity contribution in [1.29, 1.82) is 0 Å². The molecule has 1 spiro atoms. The van der Waals surface area contributed by atoms with Crippen molar-refractivity contribution in [3.63, 3.8) is 0 Å². The van der Waals surface area contributed by atoms with Gasteiger partial charge in [-0.25, -0.2) is 15.0 Å². The van der Waals surface area contributed by atoms with E-state index in [1.165, 1.54) is 11.8 Å². The lowest BCUT2D eigenvalue weighted by molar-refractivity contribution is 0.170. The van der Waals surface area contributed by atoms with Gasteiger partial charge in [-0.3, -0.25) is 4.68 Å². The molecule has 1 aromatic carbocycles. The van der Waals surface area contributed by atoms with Crippen LogP contribution < -0.4 is 10.6 Å². The van der Waals surface area contributed by atoms with Crippen molar-refractivity contribution in [3.05, 3.63) is 72.3 Å². The SMILES string of the molecule is N[C@@H]1c2ccnn2CC12CCN(c1cnc(Sc3cccc(-n4ccnc4)c3Cl)cn1)CC2. The van der Waals surface area contributed by atoms with E-state index in [4.69, 9.17) is 22.3 Å². The van der Waals surface area contributed by atoms with Crippen LogP contribution in [0.4, 0.5) is 5.82 Å². The second-order valence-corrected chi connectivity index (χ2v) is 10.1. The molecule has 1 saturated heterocycles. The van der Waals surface area contributed by atoms with Gasteiger partial charge in [0.1, 0.15) is 10.8 Å². The highest BCUT2D eigenvalue weighted by atomic mass is 35.5. The van der Waals surface area contributed by atoms with Crippen molar-refractivity contribution < 1.29 is 0 Å². The van der Waals surface area contributed by atoms with Gasteiger partial charge in [-0.15, -0.1) is 0 Å². The van der Waals surface area contributed by atoms with Crippen LogP contribution in [0.5, 0.6) is 0 Å². The van der Waals surface area contributed by atoms with Gasteiger partial charge >= 0.3 is 0 Å². The van der Waals surface area contributed by atoms with Gasteiger partial charge in [-0.2, -0.15) is 5.10 Å². The third-order valence-corrected chi connectivity index (χ3v) is 8.32. The zero-order chi connectivity index (χ0) is 22.4. The molecule has 168 valence electrons. The maximum atomic E-state index is 6.66. The number of nitrogens with zero attached hydrogens (tertiary/aromatic N) is 7. The fraction of sp³-hybridized carbons (Fsp3) is 0.304. The fourth-order valence-corrected chi connectivity index (χ4v) is 6.03. The lowest BCUT2D eigenvalue weighted by Gasteiger charge is -2.41. The standard InChI is InChI=1S/C23H23ClN8S/c24-21-16(31-11-8-26-15-31)2-1-3-18(21)33-20-13-27-19(12-28-20)30-9-5-23(6-10-30)14-32-17(22(23)25)4-7-29-32/h1-4,7-8,11-13,15,22H,5-6,9-10,14,25H2/t22-/m1/s1. The minimum Gasteiger partial charge on any atom is -0.355 e. The van der Waals surface area contributed by atoms with Crippen LogP contribution >= 0.6 is 23.4 Å². The number of hydrogen-bond donors (Lipinski definition) is 1. The first-order valence-corrected chi connectivity index (χ1v) is 12.1. The summed E-state index contributed by atoms with van der Waals surface area (Å²) < 4.78 is 3.96. The summed E-state index contributed by atoms with van der Waals surface area (Å²) in [5.41, 5.74) is 8.74. The molecule has 2 N–H and O–H groups in total. The van der Waals surface area contributed by atoms with E-state index in [1.54, 1.807) is 12.5 Å². The van der Waals surface area contributed by atoms with Gasteiger partial charge in [0.25, 0.3) is 0 Å². The first-order valence-electron chi connectivity index (χ1n) is 10.9. The van der Waals surface area contributed by atoms with Gasteiger partial charge in [0, 0.05) is 48.5 Å². The van der Waals surface area contributed by atoms with Crippen molar-refractivity contribution in [2.45, 2.75) is 35.3 Å². The Bertz CT molecular complexity index is 1260. The van der Waals surface area contributed by atoms with Crippen molar-refractivity contribution in [1.82, 2.24) is 29.3 Å². The summed E-state index contributed by atoms with van der Waals surface area (Å²) in [5.74, 6) is 0.900. The zero-order valence-corrected chi connectivity index (χ0v) is 19.5. The third-order valence-electron chi connectivity index (χ3n) is 6.83. The summed E-state index contributed by atoms with van der Waals surface area (Å²) in [6.45, 7) is 2.74. The highest BCUT2D eigenvalue weighted by Crippen LogP contribution is 2.47. The van der Waals surface area contributed by atoms with E-state index >= 15 is 0 Å². The predicted octanol–water partition coefficient (Wildman–Crippen LogP) is 3.96. The number of nitrogens with two attached hydrogens (primary N) is 1. The number of imidazole rings is 1. The second-order valence-electron chi connectivity index (χ2n) is 8.61. The molecule has 4 aromatic rings. The Balaban J connectivity index is 1.13. The van der Waals surface area contributed by atoms with Crippen LogP contribution in [-0.2, 0) is 6.54 Å². The summed E-state index contributed by atoms with van der Waals surface area (Å²) in [5, 5.41) is 5.90. The molecular formula is C23H23ClN8S. The van der Waals surface area contributed by atoms with Crippen LogP contribution in [0.25, 0.3) is 5.69 Å². The number of fused-ring (bicyclic) bond motifs is 1. The molecule has 0 saturated carbocycles.